The average Bonchev–Trinajstić information content (AvgIpc) is 3.59. The van der Waals surface area contributed by atoms with Gasteiger partial charge in [-0.25, -0.2) is 4.98 Å². The van der Waals surface area contributed by atoms with Gasteiger partial charge in [-0.15, -0.1) is 11.3 Å². The van der Waals surface area contributed by atoms with Crippen LogP contribution in [0.4, 0.5) is 0 Å². The van der Waals surface area contributed by atoms with E-state index in [-0.39, 0.29) is 5.41 Å². The van der Waals surface area contributed by atoms with Crippen molar-refractivity contribution in [3.05, 3.63) is 151 Å². The highest BCUT2D eigenvalue weighted by molar-refractivity contribution is 7.21. The van der Waals surface area contributed by atoms with Crippen molar-refractivity contribution in [2.75, 3.05) is 0 Å². The Bertz CT molecular complexity index is 2380. The first-order valence-electron chi connectivity index (χ1n) is 15.2. The van der Waals surface area contributed by atoms with E-state index in [0.717, 1.165) is 10.5 Å². The molecular weight excluding hydrogens is 551 g/mol. The third-order valence-corrected chi connectivity index (χ3v) is 10.5. The molecule has 9 rings (SSSR count). The van der Waals surface area contributed by atoms with Crippen molar-refractivity contribution >= 4 is 43.1 Å². The summed E-state index contributed by atoms with van der Waals surface area (Å²) in [4.78, 5) is 5.22. The predicted molar refractivity (Wildman–Crippen MR) is 189 cm³/mol. The van der Waals surface area contributed by atoms with Crippen molar-refractivity contribution in [3.8, 4) is 44.0 Å². The van der Waals surface area contributed by atoms with Crippen LogP contribution in [0.3, 0.4) is 0 Å². The number of para-hydroxylation sites is 1. The standard InChI is InChI=1S/C42H29NS/c1-42(2)35-20-9-8-17-29(35)32-24-33-34(25-36(32)42)39(28-16-12-15-27(23-28)26-13-4-3-5-14-26)30-18-6-7-19-31(30)40(33)41-43-37-21-10-11-22-38(37)44-41/h3-25H,1-2H3. The van der Waals surface area contributed by atoms with Crippen molar-refractivity contribution in [3.63, 3.8) is 0 Å². The smallest absolute Gasteiger partial charge is 0.125 e. The first kappa shape index (κ1) is 25.4. The van der Waals surface area contributed by atoms with Crippen LogP contribution in [-0.2, 0) is 5.41 Å². The van der Waals surface area contributed by atoms with Crippen LogP contribution >= 0.6 is 11.3 Å². The summed E-state index contributed by atoms with van der Waals surface area (Å²) < 4.78 is 1.21. The van der Waals surface area contributed by atoms with Gasteiger partial charge in [0.05, 0.1) is 10.2 Å². The summed E-state index contributed by atoms with van der Waals surface area (Å²) in [5.74, 6) is 0. The van der Waals surface area contributed by atoms with Crippen molar-refractivity contribution in [2.24, 2.45) is 0 Å². The number of thiazole rings is 1. The molecule has 44 heavy (non-hydrogen) atoms. The van der Waals surface area contributed by atoms with Gasteiger partial charge in [-0.1, -0.05) is 123 Å². The Balaban J connectivity index is 1.44. The predicted octanol–water partition coefficient (Wildman–Crippen LogP) is 11.9. The van der Waals surface area contributed by atoms with Crippen LogP contribution in [0.25, 0.3) is 75.7 Å². The van der Waals surface area contributed by atoms with E-state index < -0.39 is 0 Å². The maximum absolute atomic E-state index is 5.22. The van der Waals surface area contributed by atoms with Gasteiger partial charge >= 0.3 is 0 Å². The Kier molecular flexibility index (Phi) is 5.48. The second-order valence-corrected chi connectivity index (χ2v) is 13.4. The summed E-state index contributed by atoms with van der Waals surface area (Å²) >= 11 is 1.79. The molecule has 2 heteroatoms. The highest BCUT2D eigenvalue weighted by Crippen LogP contribution is 2.53. The molecule has 7 aromatic carbocycles. The zero-order valence-corrected chi connectivity index (χ0v) is 25.5. The van der Waals surface area contributed by atoms with Crippen LogP contribution in [0, 0.1) is 0 Å². The molecule has 8 aromatic rings. The van der Waals surface area contributed by atoms with Gasteiger partial charge < -0.3 is 0 Å². The largest absolute Gasteiger partial charge is 0.236 e. The molecule has 0 amide bonds. The lowest BCUT2D eigenvalue weighted by Gasteiger charge is -2.23. The third kappa shape index (κ3) is 3.68. The molecule has 0 aliphatic heterocycles. The number of hydrogen-bond acceptors (Lipinski definition) is 2. The van der Waals surface area contributed by atoms with Crippen LogP contribution in [0.5, 0.6) is 0 Å². The number of benzene rings is 7. The highest BCUT2D eigenvalue weighted by atomic mass is 32.1. The summed E-state index contributed by atoms with van der Waals surface area (Å²) in [5.41, 5.74) is 12.6. The molecule has 0 saturated heterocycles. The number of aromatic nitrogens is 1. The van der Waals surface area contributed by atoms with Gasteiger partial charge in [0.25, 0.3) is 0 Å². The minimum absolute atomic E-state index is 0.0923. The van der Waals surface area contributed by atoms with Crippen LogP contribution in [0.15, 0.2) is 140 Å². The molecule has 1 aliphatic carbocycles. The monoisotopic (exact) mass is 579 g/mol. The molecule has 1 heterocycles. The summed E-state index contributed by atoms with van der Waals surface area (Å²) in [6, 6.07) is 51.1. The molecule has 1 nitrogen and oxygen atoms in total. The van der Waals surface area contributed by atoms with Gasteiger partial charge in [0.15, 0.2) is 0 Å². The molecule has 208 valence electrons. The third-order valence-electron chi connectivity index (χ3n) is 9.49. The first-order chi connectivity index (χ1) is 21.6. The van der Waals surface area contributed by atoms with E-state index in [2.05, 4.69) is 153 Å². The number of fused-ring (bicyclic) bond motifs is 6. The van der Waals surface area contributed by atoms with E-state index in [0.29, 0.717) is 0 Å². The highest BCUT2D eigenvalue weighted by Gasteiger charge is 2.36. The van der Waals surface area contributed by atoms with Crippen LogP contribution in [0.1, 0.15) is 25.0 Å². The van der Waals surface area contributed by atoms with E-state index in [1.54, 1.807) is 11.3 Å². The topological polar surface area (TPSA) is 12.9 Å². The van der Waals surface area contributed by atoms with Crippen LogP contribution in [0.2, 0.25) is 0 Å². The Morgan fingerprint density at radius 2 is 1.14 bits per heavy atom. The van der Waals surface area contributed by atoms with Gasteiger partial charge in [0, 0.05) is 11.0 Å². The minimum Gasteiger partial charge on any atom is -0.236 e. The normalized spacial score (nSPS) is 13.4. The van der Waals surface area contributed by atoms with Gasteiger partial charge in [-0.2, -0.15) is 0 Å². The number of hydrogen-bond donors (Lipinski definition) is 0. The fourth-order valence-corrected chi connectivity index (χ4v) is 8.42. The molecule has 0 spiro atoms. The molecule has 0 atom stereocenters. The van der Waals surface area contributed by atoms with Gasteiger partial charge in [0.1, 0.15) is 5.01 Å². The summed E-state index contributed by atoms with van der Waals surface area (Å²) in [7, 11) is 0. The summed E-state index contributed by atoms with van der Waals surface area (Å²) in [6.45, 7) is 4.74. The quantitative estimate of drug-likeness (QED) is 0.190. The van der Waals surface area contributed by atoms with Crippen molar-refractivity contribution in [1.29, 1.82) is 0 Å². The molecule has 1 aliphatic rings. The molecular formula is C42H29NS. The molecule has 0 bridgehead atoms. The Hall–Kier alpha value is -5.05. The van der Waals surface area contributed by atoms with Crippen molar-refractivity contribution < 1.29 is 0 Å². The Morgan fingerprint density at radius 1 is 0.477 bits per heavy atom. The van der Waals surface area contributed by atoms with Gasteiger partial charge in [-0.3, -0.25) is 0 Å². The molecule has 0 unspecified atom stereocenters. The zero-order chi connectivity index (χ0) is 29.4. The Labute approximate surface area is 261 Å². The lowest BCUT2D eigenvalue weighted by atomic mass is 9.80. The van der Waals surface area contributed by atoms with Gasteiger partial charge in [-0.05, 0) is 96.4 Å². The van der Waals surface area contributed by atoms with E-state index in [1.807, 2.05) is 0 Å². The fraction of sp³-hybridized carbons (Fsp3) is 0.0714. The van der Waals surface area contributed by atoms with E-state index in [9.17, 15) is 0 Å². The number of nitrogens with zero attached hydrogens (tertiary/aromatic N) is 1. The lowest BCUT2D eigenvalue weighted by Crippen LogP contribution is -2.14. The molecule has 0 N–H and O–H groups in total. The molecule has 0 saturated carbocycles. The van der Waals surface area contributed by atoms with E-state index >= 15 is 0 Å². The maximum Gasteiger partial charge on any atom is 0.125 e. The van der Waals surface area contributed by atoms with Crippen LogP contribution < -0.4 is 0 Å². The molecule has 1 aromatic heterocycles. The average molecular weight is 580 g/mol. The van der Waals surface area contributed by atoms with Crippen LogP contribution in [-0.4, -0.2) is 4.98 Å². The summed E-state index contributed by atoms with van der Waals surface area (Å²) in [5, 5.41) is 6.11. The first-order valence-corrected chi connectivity index (χ1v) is 16.0. The summed E-state index contributed by atoms with van der Waals surface area (Å²) in [6.07, 6.45) is 0. The van der Waals surface area contributed by atoms with E-state index in [4.69, 9.17) is 4.98 Å². The van der Waals surface area contributed by atoms with E-state index in [1.165, 1.54) is 76.3 Å². The maximum atomic E-state index is 5.22. The van der Waals surface area contributed by atoms with Crippen molar-refractivity contribution in [2.45, 2.75) is 19.3 Å². The second-order valence-electron chi connectivity index (χ2n) is 12.3. The van der Waals surface area contributed by atoms with Gasteiger partial charge in [0.2, 0.25) is 0 Å². The number of rotatable bonds is 3. The lowest BCUT2D eigenvalue weighted by molar-refractivity contribution is 0.661. The van der Waals surface area contributed by atoms with Crippen molar-refractivity contribution in [1.82, 2.24) is 4.98 Å². The SMILES string of the molecule is CC1(C)c2ccccc2-c2cc3c(-c4nc5ccccc5s4)c4ccccc4c(-c4cccc(-c5ccccc5)c4)c3cc21. The Morgan fingerprint density at radius 3 is 1.98 bits per heavy atom. The minimum atomic E-state index is -0.0923. The fourth-order valence-electron chi connectivity index (χ4n) is 7.38. The second kappa shape index (κ2) is 9.47. The molecule has 0 fully saturated rings. The molecule has 0 radical (unpaired) electrons. The zero-order valence-electron chi connectivity index (χ0n) is 24.6.